The zero-order valence-electron chi connectivity index (χ0n) is 17.1. The van der Waals surface area contributed by atoms with Crippen molar-refractivity contribution in [1.29, 1.82) is 0 Å². The predicted molar refractivity (Wildman–Crippen MR) is 113 cm³/mol. The average Bonchev–Trinajstić information content (AvgIpc) is 2.74. The molecule has 1 atom stereocenters. The van der Waals surface area contributed by atoms with Crippen LogP contribution in [0.4, 0.5) is 0 Å². The van der Waals surface area contributed by atoms with Gasteiger partial charge in [0.25, 0.3) is 5.56 Å². The summed E-state index contributed by atoms with van der Waals surface area (Å²) in [5, 5.41) is 0.761. The van der Waals surface area contributed by atoms with E-state index in [9.17, 15) is 14.4 Å². The molecule has 1 aliphatic heterocycles. The van der Waals surface area contributed by atoms with Gasteiger partial charge in [-0.1, -0.05) is 23.9 Å². The van der Waals surface area contributed by atoms with Gasteiger partial charge in [-0.15, -0.1) is 0 Å². The minimum absolute atomic E-state index is 0.00219. The van der Waals surface area contributed by atoms with Crippen molar-refractivity contribution in [1.82, 2.24) is 14.5 Å². The maximum atomic E-state index is 12.9. The zero-order chi connectivity index (χ0) is 21.0. The standard InChI is InChI=1S/C21H27N3O4S/c1-4-24-19(26)16-8-6-7-9-17(16)22-21(24)29-14(3)18(25)23-12-10-15(11-13-23)20(27)28-5-2/h6-9,14-15H,4-5,10-13H2,1-3H3. The monoisotopic (exact) mass is 417 g/mol. The Hall–Kier alpha value is -2.35. The maximum absolute atomic E-state index is 12.9. The second-order valence-electron chi connectivity index (χ2n) is 7.07. The van der Waals surface area contributed by atoms with Gasteiger partial charge in [0.2, 0.25) is 5.91 Å². The molecule has 0 N–H and O–H groups in total. The van der Waals surface area contributed by atoms with Gasteiger partial charge in [0.05, 0.1) is 28.7 Å². The molecule has 0 aliphatic carbocycles. The molecule has 1 aromatic heterocycles. The topological polar surface area (TPSA) is 81.5 Å². The third kappa shape index (κ3) is 4.63. The number of hydrogen-bond acceptors (Lipinski definition) is 6. The number of carbonyl (C=O) groups excluding carboxylic acids is 2. The Morgan fingerprint density at radius 3 is 2.59 bits per heavy atom. The molecule has 3 rings (SSSR count). The van der Waals surface area contributed by atoms with E-state index >= 15 is 0 Å². The van der Waals surface area contributed by atoms with Gasteiger partial charge in [-0.05, 0) is 45.7 Å². The van der Waals surface area contributed by atoms with E-state index in [2.05, 4.69) is 4.98 Å². The molecule has 1 fully saturated rings. The highest BCUT2D eigenvalue weighted by atomic mass is 32.2. The number of esters is 1. The molecular weight excluding hydrogens is 390 g/mol. The molecule has 1 amide bonds. The molecule has 7 nitrogen and oxygen atoms in total. The minimum atomic E-state index is -0.375. The van der Waals surface area contributed by atoms with E-state index in [1.54, 1.807) is 22.5 Å². The molecule has 8 heteroatoms. The summed E-state index contributed by atoms with van der Waals surface area (Å²) < 4.78 is 6.70. The van der Waals surface area contributed by atoms with Gasteiger partial charge >= 0.3 is 5.97 Å². The molecule has 1 saturated heterocycles. The molecule has 1 unspecified atom stereocenters. The highest BCUT2D eigenvalue weighted by Gasteiger charge is 2.31. The van der Waals surface area contributed by atoms with Crippen LogP contribution in [0.25, 0.3) is 10.9 Å². The number of likely N-dealkylation sites (tertiary alicyclic amines) is 1. The Labute approximate surface area is 174 Å². The van der Waals surface area contributed by atoms with Crippen molar-refractivity contribution in [3.05, 3.63) is 34.6 Å². The van der Waals surface area contributed by atoms with Crippen LogP contribution in [0.15, 0.2) is 34.2 Å². The minimum Gasteiger partial charge on any atom is -0.466 e. The number of benzene rings is 1. The van der Waals surface area contributed by atoms with Crippen molar-refractivity contribution in [2.75, 3.05) is 19.7 Å². The molecule has 2 heterocycles. The Kier molecular flexibility index (Phi) is 6.95. The lowest BCUT2D eigenvalue weighted by atomic mass is 9.97. The van der Waals surface area contributed by atoms with Crippen molar-refractivity contribution in [3.8, 4) is 0 Å². The molecule has 1 aromatic carbocycles. The molecule has 0 saturated carbocycles. The van der Waals surface area contributed by atoms with Gasteiger partial charge in [-0.2, -0.15) is 0 Å². The van der Waals surface area contributed by atoms with E-state index in [0.717, 1.165) is 0 Å². The summed E-state index contributed by atoms with van der Waals surface area (Å²) in [7, 11) is 0. The summed E-state index contributed by atoms with van der Waals surface area (Å²) >= 11 is 1.31. The van der Waals surface area contributed by atoms with Crippen LogP contribution >= 0.6 is 11.8 Å². The van der Waals surface area contributed by atoms with Crippen LogP contribution in [-0.2, 0) is 20.9 Å². The van der Waals surface area contributed by atoms with Gasteiger partial charge in [0.1, 0.15) is 0 Å². The number of ether oxygens (including phenoxy) is 1. The maximum Gasteiger partial charge on any atom is 0.309 e. The van der Waals surface area contributed by atoms with Crippen LogP contribution in [0.1, 0.15) is 33.6 Å². The van der Waals surface area contributed by atoms with E-state index in [0.29, 0.717) is 55.1 Å². The van der Waals surface area contributed by atoms with Crippen molar-refractivity contribution >= 4 is 34.5 Å². The fourth-order valence-corrected chi connectivity index (χ4v) is 4.63. The van der Waals surface area contributed by atoms with Gasteiger partial charge in [0, 0.05) is 19.6 Å². The van der Waals surface area contributed by atoms with Crippen LogP contribution in [0.2, 0.25) is 0 Å². The van der Waals surface area contributed by atoms with Crippen molar-refractivity contribution in [3.63, 3.8) is 0 Å². The van der Waals surface area contributed by atoms with E-state index < -0.39 is 0 Å². The second kappa shape index (κ2) is 9.43. The third-order valence-corrected chi connectivity index (χ3v) is 6.28. The van der Waals surface area contributed by atoms with E-state index in [-0.39, 0.29) is 28.6 Å². The third-order valence-electron chi connectivity index (χ3n) is 5.20. The lowest BCUT2D eigenvalue weighted by Gasteiger charge is -2.32. The van der Waals surface area contributed by atoms with Crippen molar-refractivity contribution in [2.45, 2.75) is 50.6 Å². The Morgan fingerprint density at radius 2 is 1.93 bits per heavy atom. The van der Waals surface area contributed by atoms with Crippen LogP contribution < -0.4 is 5.56 Å². The number of para-hydroxylation sites is 1. The molecule has 1 aliphatic rings. The highest BCUT2D eigenvalue weighted by molar-refractivity contribution is 8.00. The van der Waals surface area contributed by atoms with Gasteiger partial charge in [-0.3, -0.25) is 19.0 Å². The fourth-order valence-electron chi connectivity index (χ4n) is 3.58. The largest absolute Gasteiger partial charge is 0.466 e. The Bertz CT molecular complexity index is 951. The summed E-state index contributed by atoms with van der Waals surface area (Å²) in [4.78, 5) is 44.0. The van der Waals surface area contributed by atoms with Gasteiger partial charge in [0.15, 0.2) is 5.16 Å². The Balaban J connectivity index is 1.70. The van der Waals surface area contributed by atoms with E-state index in [4.69, 9.17) is 4.74 Å². The number of carbonyl (C=O) groups is 2. The molecular formula is C21H27N3O4S. The highest BCUT2D eigenvalue weighted by Crippen LogP contribution is 2.26. The first kappa shape index (κ1) is 21.4. The summed E-state index contributed by atoms with van der Waals surface area (Å²) in [5.41, 5.74) is 0.551. The quantitative estimate of drug-likeness (QED) is 0.408. The molecule has 2 aromatic rings. The normalized spacial score (nSPS) is 16.0. The van der Waals surface area contributed by atoms with E-state index in [1.807, 2.05) is 32.0 Å². The fraction of sp³-hybridized carbons (Fsp3) is 0.524. The van der Waals surface area contributed by atoms with E-state index in [1.165, 1.54) is 11.8 Å². The lowest BCUT2D eigenvalue weighted by Crippen LogP contribution is -2.43. The first-order valence-corrected chi connectivity index (χ1v) is 11.0. The SMILES string of the molecule is CCOC(=O)C1CCN(C(=O)C(C)Sc2nc3ccccc3c(=O)n2CC)CC1. The number of thioether (sulfide) groups is 1. The van der Waals surface area contributed by atoms with Gasteiger partial charge in [-0.25, -0.2) is 4.98 Å². The Morgan fingerprint density at radius 1 is 1.24 bits per heavy atom. The summed E-state index contributed by atoms with van der Waals surface area (Å²) in [5.74, 6) is -0.300. The van der Waals surface area contributed by atoms with Crippen LogP contribution in [0.3, 0.4) is 0 Å². The van der Waals surface area contributed by atoms with Crippen LogP contribution in [-0.4, -0.2) is 51.3 Å². The van der Waals surface area contributed by atoms with Crippen molar-refractivity contribution in [2.24, 2.45) is 5.92 Å². The number of nitrogens with zero attached hydrogens (tertiary/aromatic N) is 3. The lowest BCUT2D eigenvalue weighted by molar-refractivity contribution is -0.151. The first-order valence-electron chi connectivity index (χ1n) is 10.1. The number of fused-ring (bicyclic) bond motifs is 1. The number of piperidine rings is 1. The van der Waals surface area contributed by atoms with Gasteiger partial charge < -0.3 is 9.64 Å². The second-order valence-corrected chi connectivity index (χ2v) is 8.38. The number of rotatable bonds is 6. The van der Waals surface area contributed by atoms with Crippen LogP contribution in [0, 0.1) is 5.92 Å². The van der Waals surface area contributed by atoms with Crippen molar-refractivity contribution < 1.29 is 14.3 Å². The number of amides is 1. The summed E-state index contributed by atoms with van der Waals surface area (Å²) in [6, 6.07) is 7.26. The zero-order valence-corrected chi connectivity index (χ0v) is 17.9. The summed E-state index contributed by atoms with van der Waals surface area (Å²) in [6.07, 6.45) is 1.24. The molecule has 0 bridgehead atoms. The molecule has 0 radical (unpaired) electrons. The predicted octanol–water partition coefficient (Wildman–Crippen LogP) is 2.70. The molecule has 0 spiro atoms. The molecule has 156 valence electrons. The molecule has 29 heavy (non-hydrogen) atoms. The first-order chi connectivity index (χ1) is 14.0. The van der Waals surface area contributed by atoms with Crippen LogP contribution in [0.5, 0.6) is 0 Å². The number of hydrogen-bond donors (Lipinski definition) is 0. The average molecular weight is 418 g/mol. The summed E-state index contributed by atoms with van der Waals surface area (Å²) in [6.45, 7) is 7.48. The number of aromatic nitrogens is 2. The smallest absolute Gasteiger partial charge is 0.309 e.